The van der Waals surface area contributed by atoms with Crippen LogP contribution in [0.1, 0.15) is 0 Å². The molecule has 1 aliphatic carbocycles. The minimum Gasteiger partial charge on any atom is -0.366 e. The van der Waals surface area contributed by atoms with E-state index in [1.807, 2.05) is 0 Å². The number of urea groups is 1. The molecule has 1 aromatic carbocycles. The number of carbonyl (C=O) groups excluding carboxylic acids is 1. The second kappa shape index (κ2) is 5.63. The van der Waals surface area contributed by atoms with E-state index < -0.39 is 11.6 Å². The maximum Gasteiger partial charge on any atom is 0.317 e. The standard InChI is InChI=1S/C16H20F2N4O/c17-10-1-2-13(18)14(7-10)21-3-5-22(6-4-21)16(23)20-15-11-8-19-9-12(11)15/h1-2,7,11-12,15,19H,3-6,8-9H2,(H,20,23)/t11-,12+,15?. The first-order valence-corrected chi connectivity index (χ1v) is 8.09. The highest BCUT2D eigenvalue weighted by molar-refractivity contribution is 5.75. The van der Waals surface area contributed by atoms with Crippen LogP contribution in [0.4, 0.5) is 19.3 Å². The number of amides is 2. The normalized spacial score (nSPS) is 29.4. The third-order valence-electron chi connectivity index (χ3n) is 5.20. The summed E-state index contributed by atoms with van der Waals surface area (Å²) < 4.78 is 27.1. The smallest absolute Gasteiger partial charge is 0.317 e. The molecular weight excluding hydrogens is 302 g/mol. The molecule has 3 aliphatic rings. The quantitative estimate of drug-likeness (QED) is 0.854. The molecule has 2 aliphatic heterocycles. The monoisotopic (exact) mass is 322 g/mol. The van der Waals surface area contributed by atoms with Crippen LogP contribution in [-0.4, -0.2) is 56.2 Å². The van der Waals surface area contributed by atoms with E-state index in [1.54, 1.807) is 9.80 Å². The van der Waals surface area contributed by atoms with Gasteiger partial charge < -0.3 is 20.4 Å². The van der Waals surface area contributed by atoms with Gasteiger partial charge in [-0.25, -0.2) is 13.6 Å². The van der Waals surface area contributed by atoms with E-state index in [1.165, 1.54) is 6.07 Å². The van der Waals surface area contributed by atoms with Crippen LogP contribution in [0.15, 0.2) is 18.2 Å². The summed E-state index contributed by atoms with van der Waals surface area (Å²) in [5, 5.41) is 6.40. The number of carbonyl (C=O) groups is 1. The van der Waals surface area contributed by atoms with Crippen LogP contribution in [0.2, 0.25) is 0 Å². The molecule has 2 heterocycles. The van der Waals surface area contributed by atoms with Crippen molar-refractivity contribution in [2.75, 3.05) is 44.2 Å². The third-order valence-corrected chi connectivity index (χ3v) is 5.20. The molecule has 2 N–H and O–H groups in total. The van der Waals surface area contributed by atoms with E-state index in [-0.39, 0.29) is 11.7 Å². The molecule has 0 aromatic heterocycles. The van der Waals surface area contributed by atoms with Crippen LogP contribution in [0.5, 0.6) is 0 Å². The van der Waals surface area contributed by atoms with Crippen LogP contribution >= 0.6 is 0 Å². The first kappa shape index (κ1) is 14.7. The van der Waals surface area contributed by atoms with Crippen molar-refractivity contribution in [2.45, 2.75) is 6.04 Å². The second-order valence-electron chi connectivity index (χ2n) is 6.53. The van der Waals surface area contributed by atoms with Crippen molar-refractivity contribution < 1.29 is 13.6 Å². The Labute approximate surface area is 133 Å². The van der Waals surface area contributed by atoms with Gasteiger partial charge in [0, 0.05) is 51.4 Å². The highest BCUT2D eigenvalue weighted by atomic mass is 19.1. The van der Waals surface area contributed by atoms with Crippen molar-refractivity contribution >= 4 is 11.7 Å². The molecular formula is C16H20F2N4O. The Hall–Kier alpha value is -1.89. The zero-order valence-corrected chi connectivity index (χ0v) is 12.8. The topological polar surface area (TPSA) is 47.6 Å². The number of nitrogens with one attached hydrogen (secondary N) is 2. The number of hydrogen-bond acceptors (Lipinski definition) is 3. The fourth-order valence-electron chi connectivity index (χ4n) is 3.74. The minimum absolute atomic E-state index is 0.0382. The highest BCUT2D eigenvalue weighted by Gasteiger charge is 2.53. The van der Waals surface area contributed by atoms with Gasteiger partial charge >= 0.3 is 6.03 Å². The predicted molar refractivity (Wildman–Crippen MR) is 82.3 cm³/mol. The molecule has 0 bridgehead atoms. The molecule has 0 spiro atoms. The molecule has 3 atom stereocenters. The van der Waals surface area contributed by atoms with E-state index in [2.05, 4.69) is 10.6 Å². The molecule has 1 aromatic rings. The summed E-state index contributed by atoms with van der Waals surface area (Å²) in [5.74, 6) is 0.293. The first-order valence-electron chi connectivity index (χ1n) is 8.09. The number of halogens is 2. The van der Waals surface area contributed by atoms with Gasteiger partial charge in [0.05, 0.1) is 5.69 Å². The van der Waals surface area contributed by atoms with Gasteiger partial charge in [-0.15, -0.1) is 0 Å². The van der Waals surface area contributed by atoms with E-state index in [9.17, 15) is 13.6 Å². The molecule has 5 nitrogen and oxygen atoms in total. The second-order valence-corrected chi connectivity index (χ2v) is 6.53. The SMILES string of the molecule is O=C(NC1[C@H]2CNC[C@@H]12)N1CCN(c2cc(F)ccc2F)CC1. The van der Waals surface area contributed by atoms with Gasteiger partial charge in [-0.05, 0) is 24.0 Å². The number of fused-ring (bicyclic) bond motifs is 1. The lowest BCUT2D eigenvalue weighted by molar-refractivity contribution is 0.192. The van der Waals surface area contributed by atoms with Crippen molar-refractivity contribution in [2.24, 2.45) is 11.8 Å². The van der Waals surface area contributed by atoms with Gasteiger partial charge in [-0.1, -0.05) is 0 Å². The molecule has 2 amide bonds. The average molecular weight is 322 g/mol. The predicted octanol–water partition coefficient (Wildman–Crippen LogP) is 1.01. The third kappa shape index (κ3) is 2.73. The van der Waals surface area contributed by atoms with E-state index in [4.69, 9.17) is 0 Å². The van der Waals surface area contributed by atoms with Gasteiger partial charge in [0.15, 0.2) is 0 Å². The Balaban J connectivity index is 1.32. The summed E-state index contributed by atoms with van der Waals surface area (Å²) in [7, 11) is 0. The van der Waals surface area contributed by atoms with Crippen molar-refractivity contribution in [1.82, 2.24) is 15.5 Å². The number of piperidine rings is 1. The lowest BCUT2D eigenvalue weighted by Crippen LogP contribution is -2.53. The summed E-state index contributed by atoms with van der Waals surface area (Å²) in [5.41, 5.74) is 0.271. The van der Waals surface area contributed by atoms with Crippen LogP contribution in [0.25, 0.3) is 0 Å². The Kier molecular flexibility index (Phi) is 3.60. The molecule has 7 heteroatoms. The van der Waals surface area contributed by atoms with Crippen molar-refractivity contribution in [3.63, 3.8) is 0 Å². The summed E-state index contributed by atoms with van der Waals surface area (Å²) in [6.07, 6.45) is 0. The summed E-state index contributed by atoms with van der Waals surface area (Å²) in [4.78, 5) is 15.8. The zero-order valence-electron chi connectivity index (χ0n) is 12.8. The van der Waals surface area contributed by atoms with Gasteiger partial charge in [-0.3, -0.25) is 0 Å². The van der Waals surface area contributed by atoms with Gasteiger partial charge in [0.25, 0.3) is 0 Å². The van der Waals surface area contributed by atoms with Crippen LogP contribution in [-0.2, 0) is 0 Å². The molecule has 124 valence electrons. The summed E-state index contributed by atoms with van der Waals surface area (Å²) in [6, 6.07) is 3.74. The van der Waals surface area contributed by atoms with Crippen molar-refractivity contribution in [1.29, 1.82) is 0 Å². The van der Waals surface area contributed by atoms with Gasteiger partial charge in [0.1, 0.15) is 11.6 Å². The Morgan fingerprint density at radius 2 is 1.83 bits per heavy atom. The van der Waals surface area contributed by atoms with Crippen LogP contribution in [0, 0.1) is 23.5 Å². The largest absolute Gasteiger partial charge is 0.366 e. The summed E-state index contributed by atoms with van der Waals surface area (Å²) >= 11 is 0. The number of anilines is 1. The van der Waals surface area contributed by atoms with Crippen LogP contribution in [0.3, 0.4) is 0 Å². The van der Waals surface area contributed by atoms with Gasteiger partial charge in [-0.2, -0.15) is 0 Å². The minimum atomic E-state index is -0.449. The lowest BCUT2D eigenvalue weighted by atomic mass is 10.2. The van der Waals surface area contributed by atoms with Crippen molar-refractivity contribution in [3.8, 4) is 0 Å². The molecule has 2 saturated heterocycles. The van der Waals surface area contributed by atoms with Gasteiger partial charge in [0.2, 0.25) is 0 Å². The molecule has 0 radical (unpaired) electrons. The Morgan fingerprint density at radius 3 is 2.52 bits per heavy atom. The number of benzene rings is 1. The maximum atomic E-state index is 13.8. The summed E-state index contributed by atoms with van der Waals surface area (Å²) in [6.45, 7) is 4.02. The molecule has 1 unspecified atom stereocenters. The fourth-order valence-corrected chi connectivity index (χ4v) is 3.74. The fraction of sp³-hybridized carbons (Fsp3) is 0.562. The zero-order chi connectivity index (χ0) is 16.0. The molecule has 23 heavy (non-hydrogen) atoms. The van der Waals surface area contributed by atoms with Crippen molar-refractivity contribution in [3.05, 3.63) is 29.8 Å². The first-order chi connectivity index (χ1) is 11.1. The van der Waals surface area contributed by atoms with E-state index in [0.717, 1.165) is 25.2 Å². The maximum absolute atomic E-state index is 13.8. The molecule has 3 fully saturated rings. The Bertz CT molecular complexity index is 608. The van der Waals surface area contributed by atoms with Crippen LogP contribution < -0.4 is 15.5 Å². The molecule has 4 rings (SSSR count). The number of rotatable bonds is 2. The lowest BCUT2D eigenvalue weighted by Gasteiger charge is -2.36. The number of nitrogens with zero attached hydrogens (tertiary/aromatic N) is 2. The number of piperazine rings is 1. The highest BCUT2D eigenvalue weighted by Crippen LogP contribution is 2.41. The van der Waals surface area contributed by atoms with E-state index in [0.29, 0.717) is 44.1 Å². The number of hydrogen-bond donors (Lipinski definition) is 2. The molecule has 1 saturated carbocycles. The Morgan fingerprint density at radius 1 is 1.13 bits per heavy atom. The van der Waals surface area contributed by atoms with E-state index >= 15 is 0 Å². The average Bonchev–Trinajstić information content (AvgIpc) is 2.97.